The first kappa shape index (κ1) is 27.0. The van der Waals surface area contributed by atoms with Crippen LogP contribution in [0.4, 0.5) is 11.4 Å². The maximum absolute atomic E-state index is 13.9. The van der Waals surface area contributed by atoms with Crippen LogP contribution in [0.3, 0.4) is 0 Å². The van der Waals surface area contributed by atoms with E-state index in [-0.39, 0.29) is 17.1 Å². The van der Waals surface area contributed by atoms with E-state index in [2.05, 4.69) is 33.0 Å². The number of fused-ring (bicyclic) bond motifs is 1. The normalized spacial score (nSPS) is 18.5. The lowest BCUT2D eigenvalue weighted by Gasteiger charge is -2.37. The third kappa shape index (κ3) is 6.26. The van der Waals surface area contributed by atoms with Crippen LogP contribution in [0, 0.1) is 5.41 Å². The van der Waals surface area contributed by atoms with Gasteiger partial charge in [-0.3, -0.25) is 14.5 Å². The maximum Gasteiger partial charge on any atom is 0.227 e. The van der Waals surface area contributed by atoms with E-state index in [1.54, 1.807) is 0 Å². The number of nitrogens with one attached hydrogen (secondary N) is 1. The molecule has 5 heteroatoms. The first-order valence-electron chi connectivity index (χ1n) is 14.0. The predicted molar refractivity (Wildman–Crippen MR) is 151 cm³/mol. The first-order chi connectivity index (χ1) is 17.8. The lowest BCUT2D eigenvalue weighted by Crippen LogP contribution is -2.39. The van der Waals surface area contributed by atoms with Crippen molar-refractivity contribution in [2.45, 2.75) is 91.5 Å². The Balaban J connectivity index is 1.79. The smallest absolute Gasteiger partial charge is 0.227 e. The van der Waals surface area contributed by atoms with Gasteiger partial charge in [0.1, 0.15) is 5.75 Å². The van der Waals surface area contributed by atoms with E-state index in [4.69, 9.17) is 4.74 Å². The van der Waals surface area contributed by atoms with Gasteiger partial charge in [0.25, 0.3) is 0 Å². The average Bonchev–Trinajstić information content (AvgIpc) is 3.01. The van der Waals surface area contributed by atoms with Crippen molar-refractivity contribution in [3.63, 3.8) is 0 Å². The molecule has 1 unspecified atom stereocenters. The Morgan fingerprint density at radius 3 is 2.41 bits per heavy atom. The number of unbranched alkanes of at least 4 members (excludes halogenated alkanes) is 4. The second kappa shape index (κ2) is 12.0. The zero-order valence-corrected chi connectivity index (χ0v) is 22.9. The molecule has 1 heterocycles. The Kier molecular flexibility index (Phi) is 8.73. The highest BCUT2D eigenvalue weighted by molar-refractivity contribution is 6.06. The highest BCUT2D eigenvalue weighted by Gasteiger charge is 2.43. The molecule has 37 heavy (non-hydrogen) atoms. The van der Waals surface area contributed by atoms with Gasteiger partial charge in [0.2, 0.25) is 5.91 Å². The summed E-state index contributed by atoms with van der Waals surface area (Å²) < 4.78 is 5.95. The van der Waals surface area contributed by atoms with Crippen LogP contribution < -0.4 is 15.0 Å². The minimum atomic E-state index is -0.474. The van der Waals surface area contributed by atoms with E-state index in [1.807, 2.05) is 53.4 Å². The van der Waals surface area contributed by atoms with Gasteiger partial charge in [-0.25, -0.2) is 0 Å². The molecule has 0 radical (unpaired) electrons. The number of benzene rings is 2. The predicted octanol–water partition coefficient (Wildman–Crippen LogP) is 7.98. The molecule has 2 aromatic carbocycles. The Morgan fingerprint density at radius 2 is 1.68 bits per heavy atom. The summed E-state index contributed by atoms with van der Waals surface area (Å²) in [5.41, 5.74) is 4.15. The molecular formula is C32H42N2O3. The Bertz CT molecular complexity index is 1130. The summed E-state index contributed by atoms with van der Waals surface area (Å²) in [7, 11) is 0. The zero-order chi connectivity index (χ0) is 26.4. The van der Waals surface area contributed by atoms with Gasteiger partial charge in [-0.1, -0.05) is 77.6 Å². The number of Topliss-reactive ketones (excluding diaryl/α,β-unsaturated/α-hetero) is 1. The molecule has 2 aliphatic rings. The van der Waals surface area contributed by atoms with Gasteiger partial charge in [0, 0.05) is 24.1 Å². The number of hydrogen-bond donors (Lipinski definition) is 1. The van der Waals surface area contributed by atoms with E-state index >= 15 is 0 Å². The van der Waals surface area contributed by atoms with E-state index in [1.165, 1.54) is 0 Å². The van der Waals surface area contributed by atoms with Crippen LogP contribution in [-0.2, 0) is 9.59 Å². The fourth-order valence-corrected chi connectivity index (χ4v) is 5.51. The van der Waals surface area contributed by atoms with Crippen LogP contribution in [0.15, 0.2) is 59.8 Å². The topological polar surface area (TPSA) is 58.6 Å². The van der Waals surface area contributed by atoms with Gasteiger partial charge >= 0.3 is 0 Å². The molecule has 0 fully saturated rings. The summed E-state index contributed by atoms with van der Waals surface area (Å²) in [5.74, 6) is 0.986. The highest BCUT2D eigenvalue weighted by Crippen LogP contribution is 2.48. The molecule has 0 saturated carbocycles. The van der Waals surface area contributed by atoms with Crippen LogP contribution in [0.2, 0.25) is 0 Å². The first-order valence-corrected chi connectivity index (χ1v) is 14.0. The van der Waals surface area contributed by atoms with Crippen molar-refractivity contribution < 1.29 is 14.3 Å². The number of carbonyl (C=O) groups is 2. The van der Waals surface area contributed by atoms with Crippen LogP contribution in [0.1, 0.15) is 97.1 Å². The molecule has 198 valence electrons. The third-order valence-corrected chi connectivity index (χ3v) is 7.38. The van der Waals surface area contributed by atoms with Gasteiger partial charge in [-0.2, -0.15) is 0 Å². The molecule has 0 saturated heterocycles. The number of carbonyl (C=O) groups excluding carboxylic acids is 2. The minimum Gasteiger partial charge on any atom is -0.494 e. The molecule has 1 amide bonds. The summed E-state index contributed by atoms with van der Waals surface area (Å²) in [4.78, 5) is 29.5. The number of amides is 1. The molecule has 2 aromatic rings. The average molecular weight is 503 g/mol. The molecule has 1 aliphatic heterocycles. The molecule has 5 nitrogen and oxygen atoms in total. The summed E-state index contributed by atoms with van der Waals surface area (Å²) >= 11 is 0. The van der Waals surface area contributed by atoms with Crippen molar-refractivity contribution >= 4 is 23.1 Å². The molecule has 1 N–H and O–H groups in total. The van der Waals surface area contributed by atoms with E-state index < -0.39 is 6.04 Å². The molecular weight excluding hydrogens is 460 g/mol. The number of para-hydroxylation sites is 2. The lowest BCUT2D eigenvalue weighted by atomic mass is 9.73. The van der Waals surface area contributed by atoms with Crippen molar-refractivity contribution in [3.8, 4) is 5.75 Å². The fourth-order valence-electron chi connectivity index (χ4n) is 5.51. The monoisotopic (exact) mass is 502 g/mol. The van der Waals surface area contributed by atoms with Gasteiger partial charge in [-0.15, -0.1) is 0 Å². The summed E-state index contributed by atoms with van der Waals surface area (Å²) in [6.07, 6.45) is 7.93. The fraction of sp³-hybridized carbons (Fsp3) is 0.500. The number of anilines is 2. The largest absolute Gasteiger partial charge is 0.494 e. The molecule has 0 bridgehead atoms. The van der Waals surface area contributed by atoms with Crippen molar-refractivity contribution in [2.24, 2.45) is 5.41 Å². The SMILES string of the molecule is CCCCCOc1ccc(C2C3=C(CC(C)(C)CC3=O)Nc3ccccc3N2C(=O)CCCCC)cc1. The van der Waals surface area contributed by atoms with Gasteiger partial charge < -0.3 is 10.1 Å². The highest BCUT2D eigenvalue weighted by atomic mass is 16.5. The minimum absolute atomic E-state index is 0.0546. The second-order valence-corrected chi connectivity index (χ2v) is 11.2. The molecule has 0 spiro atoms. The summed E-state index contributed by atoms with van der Waals surface area (Å²) in [5, 5.41) is 3.59. The number of ketones is 1. The van der Waals surface area contributed by atoms with Gasteiger partial charge in [0.05, 0.1) is 24.0 Å². The Morgan fingerprint density at radius 1 is 0.973 bits per heavy atom. The second-order valence-electron chi connectivity index (χ2n) is 11.2. The van der Waals surface area contributed by atoms with Crippen molar-refractivity contribution in [1.82, 2.24) is 0 Å². The lowest BCUT2D eigenvalue weighted by molar-refractivity contribution is -0.119. The number of allylic oxidation sites excluding steroid dienone is 1. The summed E-state index contributed by atoms with van der Waals surface area (Å²) in [6, 6.07) is 15.5. The Hall–Kier alpha value is -3.08. The molecule has 0 aromatic heterocycles. The van der Waals surface area contributed by atoms with Gasteiger partial charge in [-0.05, 0) is 54.5 Å². The number of ether oxygens (including phenoxy) is 1. The summed E-state index contributed by atoms with van der Waals surface area (Å²) in [6.45, 7) is 9.30. The third-order valence-electron chi connectivity index (χ3n) is 7.38. The molecule has 1 atom stereocenters. The van der Waals surface area contributed by atoms with Crippen LogP contribution in [0.25, 0.3) is 0 Å². The number of nitrogens with zero attached hydrogens (tertiary/aromatic N) is 1. The van der Waals surface area contributed by atoms with Crippen molar-refractivity contribution in [1.29, 1.82) is 0 Å². The molecule has 1 aliphatic carbocycles. The van der Waals surface area contributed by atoms with Crippen LogP contribution >= 0.6 is 0 Å². The van der Waals surface area contributed by atoms with E-state index in [0.717, 1.165) is 78.9 Å². The quantitative estimate of drug-likeness (QED) is 0.335. The maximum atomic E-state index is 13.9. The Labute approximate surface area is 222 Å². The standard InChI is InChI=1S/C32H42N2O3/c1-5-7-9-15-29(36)34-27-14-11-10-13-25(27)33-26-21-32(3,4)22-28(35)30(26)31(34)23-16-18-24(19-17-23)37-20-12-8-6-2/h10-11,13-14,16-19,31,33H,5-9,12,15,20-22H2,1-4H3. The van der Waals surface area contributed by atoms with Crippen LogP contribution in [-0.4, -0.2) is 18.3 Å². The van der Waals surface area contributed by atoms with Crippen molar-refractivity contribution in [2.75, 3.05) is 16.8 Å². The van der Waals surface area contributed by atoms with E-state index in [9.17, 15) is 9.59 Å². The van der Waals surface area contributed by atoms with E-state index in [0.29, 0.717) is 19.4 Å². The van der Waals surface area contributed by atoms with Gasteiger partial charge in [0.15, 0.2) is 5.78 Å². The number of hydrogen-bond acceptors (Lipinski definition) is 4. The van der Waals surface area contributed by atoms with Crippen molar-refractivity contribution in [3.05, 3.63) is 65.4 Å². The zero-order valence-electron chi connectivity index (χ0n) is 22.9. The van der Waals surface area contributed by atoms with Crippen LogP contribution in [0.5, 0.6) is 5.75 Å². The number of rotatable bonds is 10. The molecule has 4 rings (SSSR count).